The van der Waals surface area contributed by atoms with Crippen LogP contribution in [0.5, 0.6) is 0 Å². The van der Waals surface area contributed by atoms with E-state index < -0.39 is 6.04 Å². The second-order valence-electron chi connectivity index (χ2n) is 6.74. The molecule has 2 amide bonds. The number of halogens is 2. The average Bonchev–Trinajstić information content (AvgIpc) is 2.64. The van der Waals surface area contributed by atoms with Crippen LogP contribution in [0.25, 0.3) is 0 Å². The minimum atomic E-state index is -0.605. The largest absolute Gasteiger partial charge is 0.350 e. The molecule has 27 heavy (non-hydrogen) atoms. The molecule has 4 nitrogen and oxygen atoms in total. The monoisotopic (exact) mass is 406 g/mol. The summed E-state index contributed by atoms with van der Waals surface area (Å²) in [5.41, 5.74) is 1.75. The molecule has 0 saturated carbocycles. The highest BCUT2D eigenvalue weighted by atomic mass is 35.5. The summed E-state index contributed by atoms with van der Waals surface area (Å²) in [4.78, 5) is 27.0. The van der Waals surface area contributed by atoms with Gasteiger partial charge in [-0.2, -0.15) is 0 Å². The molecule has 6 heteroatoms. The van der Waals surface area contributed by atoms with Crippen molar-refractivity contribution >= 4 is 35.0 Å². The first-order chi connectivity index (χ1) is 12.8. The average molecular weight is 407 g/mol. The molecule has 0 saturated heterocycles. The van der Waals surface area contributed by atoms with E-state index in [4.69, 9.17) is 23.2 Å². The Balaban J connectivity index is 2.09. The van der Waals surface area contributed by atoms with Gasteiger partial charge < -0.3 is 10.2 Å². The molecule has 0 aromatic heterocycles. The minimum absolute atomic E-state index is 0.0639. The van der Waals surface area contributed by atoms with E-state index in [1.165, 1.54) is 0 Å². The SMILES string of the molecule is CC(C)C(=O)N(Cc1ccccc1)[C@H](C)C(=O)NCc1ccc(Cl)cc1Cl. The first-order valence-electron chi connectivity index (χ1n) is 8.85. The molecule has 2 aromatic rings. The van der Waals surface area contributed by atoms with E-state index in [9.17, 15) is 9.59 Å². The summed E-state index contributed by atoms with van der Waals surface area (Å²) in [6.45, 7) is 6.06. The minimum Gasteiger partial charge on any atom is -0.350 e. The zero-order valence-corrected chi connectivity index (χ0v) is 17.2. The molecule has 0 aliphatic rings. The van der Waals surface area contributed by atoms with Crippen LogP contribution in [-0.4, -0.2) is 22.8 Å². The fourth-order valence-electron chi connectivity index (χ4n) is 2.65. The van der Waals surface area contributed by atoms with Gasteiger partial charge in [0.15, 0.2) is 0 Å². The molecule has 0 heterocycles. The summed E-state index contributed by atoms with van der Waals surface area (Å²) in [6.07, 6.45) is 0. The predicted octanol–water partition coefficient (Wildman–Crippen LogP) is 4.68. The van der Waals surface area contributed by atoms with Gasteiger partial charge in [-0.1, -0.05) is 73.4 Å². The van der Waals surface area contributed by atoms with Crippen LogP contribution in [0.4, 0.5) is 0 Å². The van der Waals surface area contributed by atoms with Crippen LogP contribution in [0.2, 0.25) is 10.0 Å². The standard InChI is InChI=1S/C21H24Cl2N2O2/c1-14(2)21(27)25(13-16-7-5-4-6-8-16)15(3)20(26)24-12-17-9-10-18(22)11-19(17)23/h4-11,14-15H,12-13H2,1-3H3,(H,24,26)/t15-/m1/s1. The summed E-state index contributed by atoms with van der Waals surface area (Å²) in [5.74, 6) is -0.494. The maximum atomic E-state index is 12.7. The third-order valence-electron chi connectivity index (χ3n) is 4.29. The molecule has 0 spiro atoms. The van der Waals surface area contributed by atoms with Crippen molar-refractivity contribution in [2.75, 3.05) is 0 Å². The normalized spacial score (nSPS) is 11.9. The fraction of sp³-hybridized carbons (Fsp3) is 0.333. The molecule has 0 unspecified atom stereocenters. The summed E-state index contributed by atoms with van der Waals surface area (Å²) in [5, 5.41) is 3.90. The van der Waals surface area contributed by atoms with E-state index in [2.05, 4.69) is 5.32 Å². The van der Waals surface area contributed by atoms with Crippen molar-refractivity contribution in [2.45, 2.75) is 39.9 Å². The maximum absolute atomic E-state index is 12.7. The van der Waals surface area contributed by atoms with Crippen molar-refractivity contribution < 1.29 is 9.59 Å². The van der Waals surface area contributed by atoms with Crippen LogP contribution in [0.1, 0.15) is 31.9 Å². The van der Waals surface area contributed by atoms with Crippen molar-refractivity contribution in [3.8, 4) is 0 Å². The van der Waals surface area contributed by atoms with E-state index in [-0.39, 0.29) is 24.3 Å². The lowest BCUT2D eigenvalue weighted by molar-refractivity contribution is -0.143. The van der Waals surface area contributed by atoms with E-state index in [0.717, 1.165) is 11.1 Å². The summed E-state index contributed by atoms with van der Waals surface area (Å²) < 4.78 is 0. The molecular formula is C21H24Cl2N2O2. The van der Waals surface area contributed by atoms with E-state index in [1.807, 2.05) is 44.2 Å². The second kappa shape index (κ2) is 9.77. The number of carbonyl (C=O) groups excluding carboxylic acids is 2. The van der Waals surface area contributed by atoms with Gasteiger partial charge in [-0.05, 0) is 30.2 Å². The Morgan fingerprint density at radius 3 is 2.30 bits per heavy atom. The number of hydrogen-bond acceptors (Lipinski definition) is 2. The second-order valence-corrected chi connectivity index (χ2v) is 7.58. The van der Waals surface area contributed by atoms with Gasteiger partial charge >= 0.3 is 0 Å². The number of nitrogens with one attached hydrogen (secondary N) is 1. The molecule has 0 bridgehead atoms. The van der Waals surface area contributed by atoms with Gasteiger partial charge in [0.05, 0.1) is 0 Å². The highest BCUT2D eigenvalue weighted by molar-refractivity contribution is 6.35. The molecule has 0 aliphatic heterocycles. The molecule has 144 valence electrons. The van der Waals surface area contributed by atoms with Crippen LogP contribution in [0.3, 0.4) is 0 Å². The van der Waals surface area contributed by atoms with Gasteiger partial charge in [0.2, 0.25) is 11.8 Å². The van der Waals surface area contributed by atoms with Crippen LogP contribution in [-0.2, 0) is 22.7 Å². The first kappa shape index (κ1) is 21.3. The predicted molar refractivity (Wildman–Crippen MR) is 110 cm³/mol. The molecule has 2 aromatic carbocycles. The van der Waals surface area contributed by atoms with Gasteiger partial charge in [-0.15, -0.1) is 0 Å². The number of carbonyl (C=O) groups is 2. The molecule has 2 rings (SSSR count). The zero-order valence-electron chi connectivity index (χ0n) is 15.7. The Morgan fingerprint density at radius 1 is 1.04 bits per heavy atom. The van der Waals surface area contributed by atoms with Crippen LogP contribution < -0.4 is 5.32 Å². The topological polar surface area (TPSA) is 49.4 Å². The molecule has 0 radical (unpaired) electrons. The Kier molecular flexibility index (Phi) is 7.69. The Morgan fingerprint density at radius 2 is 1.70 bits per heavy atom. The van der Waals surface area contributed by atoms with Gasteiger partial charge in [0, 0.05) is 29.1 Å². The van der Waals surface area contributed by atoms with Crippen molar-refractivity contribution in [3.63, 3.8) is 0 Å². The Bertz CT molecular complexity index is 794. The summed E-state index contributed by atoms with van der Waals surface area (Å²) in [7, 11) is 0. The Hall–Kier alpha value is -2.04. The lowest BCUT2D eigenvalue weighted by atomic mass is 10.1. The Labute approximate surface area is 170 Å². The quantitative estimate of drug-likeness (QED) is 0.725. The van der Waals surface area contributed by atoms with Gasteiger partial charge in [0.25, 0.3) is 0 Å². The van der Waals surface area contributed by atoms with Crippen LogP contribution in [0, 0.1) is 5.92 Å². The lowest BCUT2D eigenvalue weighted by Crippen LogP contribution is -2.48. The number of rotatable bonds is 7. The fourth-order valence-corrected chi connectivity index (χ4v) is 3.13. The molecule has 1 atom stereocenters. The maximum Gasteiger partial charge on any atom is 0.242 e. The molecule has 0 aliphatic carbocycles. The van der Waals surface area contributed by atoms with E-state index >= 15 is 0 Å². The summed E-state index contributed by atoms with van der Waals surface area (Å²) in [6, 6.07) is 14.2. The van der Waals surface area contributed by atoms with Crippen molar-refractivity contribution in [3.05, 3.63) is 69.7 Å². The van der Waals surface area contributed by atoms with Crippen molar-refractivity contribution in [1.82, 2.24) is 10.2 Å². The summed E-state index contributed by atoms with van der Waals surface area (Å²) >= 11 is 12.1. The molecule has 0 fully saturated rings. The van der Waals surface area contributed by atoms with Gasteiger partial charge in [-0.25, -0.2) is 0 Å². The lowest BCUT2D eigenvalue weighted by Gasteiger charge is -2.30. The zero-order chi connectivity index (χ0) is 20.0. The van der Waals surface area contributed by atoms with Crippen molar-refractivity contribution in [1.29, 1.82) is 0 Å². The van der Waals surface area contributed by atoms with E-state index in [0.29, 0.717) is 16.6 Å². The van der Waals surface area contributed by atoms with Crippen LogP contribution in [0.15, 0.2) is 48.5 Å². The number of nitrogens with zero attached hydrogens (tertiary/aromatic N) is 1. The first-order valence-corrected chi connectivity index (χ1v) is 9.61. The molecule has 1 N–H and O–H groups in total. The smallest absolute Gasteiger partial charge is 0.242 e. The van der Waals surface area contributed by atoms with Crippen molar-refractivity contribution in [2.24, 2.45) is 5.92 Å². The van der Waals surface area contributed by atoms with Crippen LogP contribution >= 0.6 is 23.2 Å². The van der Waals surface area contributed by atoms with E-state index in [1.54, 1.807) is 30.0 Å². The highest BCUT2D eigenvalue weighted by Gasteiger charge is 2.27. The van der Waals surface area contributed by atoms with Gasteiger partial charge in [-0.3, -0.25) is 9.59 Å². The molecular weight excluding hydrogens is 383 g/mol. The number of amides is 2. The highest BCUT2D eigenvalue weighted by Crippen LogP contribution is 2.21. The third kappa shape index (κ3) is 5.98. The number of hydrogen-bond donors (Lipinski definition) is 1. The van der Waals surface area contributed by atoms with Gasteiger partial charge in [0.1, 0.15) is 6.04 Å². The third-order valence-corrected chi connectivity index (χ3v) is 4.87. The number of benzene rings is 2.